The van der Waals surface area contributed by atoms with Crippen molar-refractivity contribution in [1.82, 2.24) is 0 Å². The van der Waals surface area contributed by atoms with Gasteiger partial charge in [0.15, 0.2) is 0 Å². The highest BCUT2D eigenvalue weighted by molar-refractivity contribution is 7.50. The molecule has 0 aliphatic carbocycles. The fourth-order valence-corrected chi connectivity index (χ4v) is 4.37. The van der Waals surface area contributed by atoms with Crippen LogP contribution in [0.3, 0.4) is 0 Å². The lowest BCUT2D eigenvalue weighted by Crippen LogP contribution is -2.39. The number of rotatable bonds is 9. The summed E-state index contributed by atoms with van der Waals surface area (Å²) in [6, 6.07) is -2.57. The van der Waals surface area contributed by atoms with Crippen LogP contribution in [-0.2, 0) is 36.8 Å². The highest BCUT2D eigenvalue weighted by atomic mass is 31.2. The molecule has 0 aromatic carbocycles. The molecule has 2 aliphatic rings. The van der Waals surface area contributed by atoms with Gasteiger partial charge in [-0.05, 0) is 0 Å². The van der Waals surface area contributed by atoms with Crippen LogP contribution in [0.4, 0.5) is 0 Å². The van der Waals surface area contributed by atoms with Crippen molar-refractivity contribution in [1.29, 1.82) is 0 Å². The molecular weight excluding hydrogens is 418 g/mol. The van der Waals surface area contributed by atoms with Gasteiger partial charge in [0.05, 0.1) is 13.2 Å². The summed E-state index contributed by atoms with van der Waals surface area (Å²) >= 11 is 0. The van der Waals surface area contributed by atoms with E-state index in [0.29, 0.717) is 0 Å². The molecule has 4 unspecified atom stereocenters. The smallest absolute Gasteiger partial charge is 0.282 e. The minimum atomic E-state index is -5.08. The number of phosphoric acid groups is 1. The number of hydrogen-bond donors (Lipinski definition) is 2. The zero-order valence-corrected chi connectivity index (χ0v) is 16.4. The van der Waals surface area contributed by atoms with E-state index >= 15 is 0 Å². The second-order valence-corrected chi connectivity index (χ2v) is 9.36. The largest absolute Gasteiger partial charge is 0.779 e. The highest BCUT2D eigenvalue weighted by Crippen LogP contribution is 2.45. The zero-order chi connectivity index (χ0) is 21.3. The summed E-state index contributed by atoms with van der Waals surface area (Å²) < 4.78 is 52.0. The lowest BCUT2D eigenvalue weighted by molar-refractivity contribution is -0.236. The molecule has 2 N–H and O–H groups in total. The van der Waals surface area contributed by atoms with Gasteiger partial charge in [-0.25, -0.2) is 0 Å². The Labute approximate surface area is 165 Å². The van der Waals surface area contributed by atoms with E-state index in [0.717, 1.165) is 6.66 Å². The van der Waals surface area contributed by atoms with Crippen LogP contribution >= 0.6 is 15.4 Å². The average molecular weight is 436 g/mol. The predicted octanol–water partition coefficient (Wildman–Crippen LogP) is -3.97. The number of aliphatic hydroxyl groups is 2. The van der Waals surface area contributed by atoms with Crippen LogP contribution in [0.15, 0.2) is 0 Å². The van der Waals surface area contributed by atoms with Crippen LogP contribution in [0.25, 0.3) is 0 Å². The molecular formula is C11H17B3O12P2-2. The monoisotopic (exact) mass is 436 g/mol. The highest BCUT2D eigenvalue weighted by Gasteiger charge is 2.46. The van der Waals surface area contributed by atoms with Crippen molar-refractivity contribution in [3.63, 3.8) is 0 Å². The quantitative estimate of drug-likeness (QED) is 0.266. The SMILES string of the molecule is [B]OC[C@H]1O[C@@H]([B])C(O)[C@H]1OP(=O)([O-])OC[C@H]1O[C@@H]([B])C(O)[C@H]1OP(C)(=O)[O-]. The summed E-state index contributed by atoms with van der Waals surface area (Å²) in [5, 5.41) is 19.7. The fourth-order valence-electron chi connectivity index (χ4n) is 2.72. The number of ether oxygens (including phenoxy) is 2. The van der Waals surface area contributed by atoms with Crippen molar-refractivity contribution in [2.45, 2.75) is 48.6 Å². The Kier molecular flexibility index (Phi) is 8.40. The van der Waals surface area contributed by atoms with E-state index in [-0.39, 0.29) is 6.61 Å². The molecule has 2 rings (SSSR count). The van der Waals surface area contributed by atoms with Crippen molar-refractivity contribution < 1.29 is 56.8 Å². The van der Waals surface area contributed by atoms with Crippen LogP contribution in [0.2, 0.25) is 0 Å². The van der Waals surface area contributed by atoms with Crippen LogP contribution in [0.5, 0.6) is 0 Å². The first kappa shape index (κ1) is 24.5. The molecule has 0 bridgehead atoms. The molecule has 0 aromatic rings. The predicted molar refractivity (Wildman–Crippen MR) is 89.4 cm³/mol. The first-order chi connectivity index (χ1) is 12.8. The van der Waals surface area contributed by atoms with E-state index in [1.54, 1.807) is 0 Å². The Morgan fingerprint density at radius 1 is 0.964 bits per heavy atom. The molecule has 12 nitrogen and oxygen atoms in total. The summed E-state index contributed by atoms with van der Waals surface area (Å²) in [4.78, 5) is 23.4. The van der Waals surface area contributed by atoms with E-state index in [1.165, 1.54) is 0 Å². The van der Waals surface area contributed by atoms with Crippen molar-refractivity contribution in [3.8, 4) is 0 Å². The Morgan fingerprint density at radius 3 is 1.89 bits per heavy atom. The Morgan fingerprint density at radius 2 is 1.43 bits per heavy atom. The van der Waals surface area contributed by atoms with Gasteiger partial charge in [-0.3, -0.25) is 4.57 Å². The molecule has 10 atom stereocenters. The summed E-state index contributed by atoms with van der Waals surface area (Å²) in [5.74, 6) is 0. The van der Waals surface area contributed by atoms with E-state index < -0.39 is 70.7 Å². The fraction of sp³-hybridized carbons (Fsp3) is 1.00. The van der Waals surface area contributed by atoms with Crippen molar-refractivity contribution >= 4 is 39.2 Å². The molecule has 0 spiro atoms. The molecule has 0 aromatic heterocycles. The molecule has 154 valence electrons. The molecule has 0 saturated carbocycles. The van der Waals surface area contributed by atoms with Gasteiger partial charge in [0.25, 0.3) is 15.9 Å². The number of phosphoric ester groups is 1. The third kappa shape index (κ3) is 6.37. The van der Waals surface area contributed by atoms with Gasteiger partial charge in [-0.15, -0.1) is 0 Å². The maximum atomic E-state index is 12.1. The minimum absolute atomic E-state index is 0.326. The van der Waals surface area contributed by atoms with Crippen LogP contribution < -0.4 is 9.79 Å². The summed E-state index contributed by atoms with van der Waals surface area (Å²) in [7, 11) is 6.46. The van der Waals surface area contributed by atoms with Gasteiger partial charge in [0.1, 0.15) is 59.9 Å². The lowest BCUT2D eigenvalue weighted by atomic mass is 9.93. The normalized spacial score (nSPS) is 42.9. The molecule has 28 heavy (non-hydrogen) atoms. The van der Waals surface area contributed by atoms with E-state index in [4.69, 9.17) is 42.3 Å². The third-order valence-corrected chi connectivity index (χ3v) is 5.56. The minimum Gasteiger partial charge on any atom is -0.779 e. The Balaban J connectivity index is 1.99. The van der Waals surface area contributed by atoms with Gasteiger partial charge in [0, 0.05) is 18.7 Å². The van der Waals surface area contributed by atoms with E-state index in [1.807, 2.05) is 0 Å². The van der Waals surface area contributed by atoms with Gasteiger partial charge in [0.2, 0.25) is 0 Å². The van der Waals surface area contributed by atoms with Gasteiger partial charge in [-0.2, -0.15) is 0 Å². The lowest BCUT2D eigenvalue weighted by Gasteiger charge is -2.32. The average Bonchev–Trinajstić information content (AvgIpc) is 2.97. The second kappa shape index (κ2) is 9.59. The van der Waals surface area contributed by atoms with Crippen LogP contribution in [-0.4, -0.2) is 102 Å². The van der Waals surface area contributed by atoms with Gasteiger partial charge < -0.3 is 52.3 Å². The maximum absolute atomic E-state index is 12.1. The second-order valence-electron chi connectivity index (χ2n) is 6.25. The maximum Gasteiger partial charge on any atom is 0.282 e. The zero-order valence-electron chi connectivity index (χ0n) is 14.6. The molecule has 17 heteroatoms. The molecule has 2 saturated heterocycles. The summed E-state index contributed by atoms with van der Waals surface area (Å²) in [6.45, 7) is -0.356. The Bertz CT molecular complexity index is 622. The van der Waals surface area contributed by atoms with Crippen molar-refractivity contribution in [3.05, 3.63) is 0 Å². The number of hydrogen-bond acceptors (Lipinski definition) is 12. The van der Waals surface area contributed by atoms with E-state index in [2.05, 4.69) is 9.18 Å². The van der Waals surface area contributed by atoms with Crippen molar-refractivity contribution in [2.24, 2.45) is 0 Å². The topological polar surface area (TPSA) is 176 Å². The molecule has 0 amide bonds. The third-order valence-electron chi connectivity index (χ3n) is 3.96. The van der Waals surface area contributed by atoms with Crippen LogP contribution in [0.1, 0.15) is 0 Å². The van der Waals surface area contributed by atoms with Gasteiger partial charge >= 0.3 is 0 Å². The van der Waals surface area contributed by atoms with Gasteiger partial charge in [-0.1, -0.05) is 0 Å². The first-order valence-electron chi connectivity index (χ1n) is 7.95. The molecule has 2 heterocycles. The summed E-state index contributed by atoms with van der Waals surface area (Å²) in [6.07, 6.45) is -8.46. The summed E-state index contributed by atoms with van der Waals surface area (Å²) in [5.41, 5.74) is 0. The first-order valence-corrected chi connectivity index (χ1v) is 11.4. The number of aliphatic hydroxyl groups excluding tert-OH is 2. The molecule has 2 fully saturated rings. The molecule has 6 radical (unpaired) electrons. The standard InChI is InChI=1S/C11H19B3O12P2/c1-27(17,18)25-8-5(24-10(12)6(8)15)3-22-28(19,20)26-9-4(2-21-14)23-11(13)7(9)16/h4-11,15-16H,2-3H2,1H3,(H,17,18)(H,19,20)/p-2/t4-,5-,6?,7?,8+,9+,10-,11-/m1/s1. The van der Waals surface area contributed by atoms with Crippen molar-refractivity contribution in [2.75, 3.05) is 19.9 Å². The van der Waals surface area contributed by atoms with E-state index in [9.17, 15) is 29.1 Å². The Hall–Kier alpha value is 0.255. The molecule has 2 aliphatic heterocycles. The van der Waals surface area contributed by atoms with Crippen LogP contribution in [0, 0.1) is 0 Å².